The van der Waals surface area contributed by atoms with Gasteiger partial charge in [0.15, 0.2) is 5.96 Å². The Morgan fingerprint density at radius 3 is 2.54 bits per heavy atom. The third-order valence-corrected chi connectivity index (χ3v) is 6.19. The summed E-state index contributed by atoms with van der Waals surface area (Å²) in [6, 6.07) is 0.234. The van der Waals surface area contributed by atoms with E-state index in [4.69, 9.17) is 0 Å². The molecule has 0 aromatic carbocycles. The van der Waals surface area contributed by atoms with Crippen molar-refractivity contribution in [2.75, 3.05) is 52.9 Å². The zero-order valence-electron chi connectivity index (χ0n) is 17.2. The number of piperidine rings is 1. The van der Waals surface area contributed by atoms with E-state index < -0.39 is 0 Å². The lowest BCUT2D eigenvalue weighted by atomic mass is 9.88. The monoisotopic (exact) mass is 392 g/mol. The molecule has 2 saturated heterocycles. The SMILES string of the molecule is CN=C(NCCN1CCN(C(=O)C2CCCCC2)CC1)NC1CCC(=O)NC1. The molecule has 1 saturated carbocycles. The molecule has 3 fully saturated rings. The largest absolute Gasteiger partial charge is 0.355 e. The Morgan fingerprint density at radius 2 is 1.89 bits per heavy atom. The number of nitrogens with zero attached hydrogens (tertiary/aromatic N) is 3. The molecular formula is C20H36N6O2. The molecule has 28 heavy (non-hydrogen) atoms. The smallest absolute Gasteiger partial charge is 0.225 e. The predicted octanol–water partition coefficient (Wildman–Crippen LogP) is 0.155. The first kappa shape index (κ1) is 20.9. The Bertz CT molecular complexity index is 543. The fraction of sp³-hybridized carbons (Fsp3) is 0.850. The topological polar surface area (TPSA) is 89.1 Å². The van der Waals surface area contributed by atoms with Gasteiger partial charge in [0.25, 0.3) is 0 Å². The van der Waals surface area contributed by atoms with E-state index in [0.29, 0.717) is 18.9 Å². The number of amides is 2. The second-order valence-corrected chi connectivity index (χ2v) is 8.18. The molecule has 0 aromatic rings. The van der Waals surface area contributed by atoms with Crippen LogP contribution in [0.4, 0.5) is 0 Å². The summed E-state index contributed by atoms with van der Waals surface area (Å²) in [5, 5.41) is 9.62. The summed E-state index contributed by atoms with van der Waals surface area (Å²) in [5.74, 6) is 1.58. The Labute approximate surface area is 168 Å². The van der Waals surface area contributed by atoms with Gasteiger partial charge in [-0.05, 0) is 19.3 Å². The summed E-state index contributed by atoms with van der Waals surface area (Å²) in [7, 11) is 1.77. The number of carbonyl (C=O) groups excluding carboxylic acids is 2. The van der Waals surface area contributed by atoms with Crippen molar-refractivity contribution >= 4 is 17.8 Å². The highest BCUT2D eigenvalue weighted by Gasteiger charge is 2.28. The number of hydrogen-bond acceptors (Lipinski definition) is 4. The van der Waals surface area contributed by atoms with Crippen LogP contribution in [0.3, 0.4) is 0 Å². The predicted molar refractivity (Wildman–Crippen MR) is 110 cm³/mol. The molecule has 3 N–H and O–H groups in total. The second-order valence-electron chi connectivity index (χ2n) is 8.18. The average Bonchev–Trinajstić information content (AvgIpc) is 2.75. The van der Waals surface area contributed by atoms with E-state index in [2.05, 4.69) is 30.7 Å². The van der Waals surface area contributed by atoms with Crippen molar-refractivity contribution < 1.29 is 9.59 Å². The Morgan fingerprint density at radius 1 is 1.14 bits per heavy atom. The third kappa shape index (κ3) is 6.09. The van der Waals surface area contributed by atoms with Crippen molar-refractivity contribution in [3.63, 3.8) is 0 Å². The summed E-state index contributed by atoms with van der Waals surface area (Å²) < 4.78 is 0. The maximum atomic E-state index is 12.7. The molecule has 3 aliphatic rings. The van der Waals surface area contributed by atoms with E-state index in [1.807, 2.05) is 0 Å². The van der Waals surface area contributed by atoms with Crippen LogP contribution in [0.2, 0.25) is 0 Å². The summed E-state index contributed by atoms with van der Waals surface area (Å²) in [4.78, 5) is 32.7. The molecule has 1 unspecified atom stereocenters. The van der Waals surface area contributed by atoms with Gasteiger partial charge in [0.1, 0.15) is 0 Å². The number of carbonyl (C=O) groups is 2. The van der Waals surface area contributed by atoms with Gasteiger partial charge >= 0.3 is 0 Å². The molecule has 0 spiro atoms. The van der Waals surface area contributed by atoms with Gasteiger partial charge in [0.05, 0.1) is 0 Å². The second kappa shape index (κ2) is 10.6. The van der Waals surface area contributed by atoms with Crippen molar-refractivity contribution in [1.29, 1.82) is 0 Å². The molecule has 8 heteroatoms. The van der Waals surface area contributed by atoms with E-state index in [1.165, 1.54) is 19.3 Å². The minimum Gasteiger partial charge on any atom is -0.355 e. The molecule has 1 atom stereocenters. The molecule has 8 nitrogen and oxygen atoms in total. The minimum atomic E-state index is 0.127. The lowest BCUT2D eigenvalue weighted by Gasteiger charge is -2.37. The zero-order chi connectivity index (χ0) is 19.8. The number of hydrogen-bond donors (Lipinski definition) is 3. The minimum absolute atomic E-state index is 0.127. The maximum absolute atomic E-state index is 12.7. The van der Waals surface area contributed by atoms with E-state index in [0.717, 1.165) is 64.5 Å². The zero-order valence-corrected chi connectivity index (χ0v) is 17.2. The Kier molecular flexibility index (Phi) is 7.94. The van der Waals surface area contributed by atoms with E-state index in [9.17, 15) is 9.59 Å². The summed E-state index contributed by atoms with van der Waals surface area (Å²) >= 11 is 0. The van der Waals surface area contributed by atoms with Crippen molar-refractivity contribution in [3.8, 4) is 0 Å². The first-order valence-electron chi connectivity index (χ1n) is 10.9. The number of guanidine groups is 1. The summed E-state index contributed by atoms with van der Waals surface area (Å²) in [6.07, 6.45) is 7.29. The highest BCUT2D eigenvalue weighted by atomic mass is 16.2. The lowest BCUT2D eigenvalue weighted by molar-refractivity contribution is -0.138. The van der Waals surface area contributed by atoms with Crippen LogP contribution in [0.15, 0.2) is 4.99 Å². The van der Waals surface area contributed by atoms with E-state index in [1.54, 1.807) is 7.05 Å². The third-order valence-electron chi connectivity index (χ3n) is 6.19. The molecule has 2 aliphatic heterocycles. The first-order valence-corrected chi connectivity index (χ1v) is 10.9. The van der Waals surface area contributed by atoms with Crippen molar-refractivity contribution in [3.05, 3.63) is 0 Å². The highest BCUT2D eigenvalue weighted by molar-refractivity contribution is 5.81. The lowest BCUT2D eigenvalue weighted by Crippen LogP contribution is -2.54. The van der Waals surface area contributed by atoms with Crippen LogP contribution in [0.5, 0.6) is 0 Å². The molecule has 0 radical (unpaired) electrons. The molecule has 0 aromatic heterocycles. The Balaban J connectivity index is 1.31. The van der Waals surface area contributed by atoms with Crippen LogP contribution >= 0.6 is 0 Å². The van der Waals surface area contributed by atoms with Gasteiger partial charge in [-0.15, -0.1) is 0 Å². The molecular weight excluding hydrogens is 356 g/mol. The number of piperazine rings is 1. The average molecular weight is 393 g/mol. The fourth-order valence-electron chi connectivity index (χ4n) is 4.38. The van der Waals surface area contributed by atoms with Gasteiger partial charge in [-0.25, -0.2) is 0 Å². The van der Waals surface area contributed by atoms with Gasteiger partial charge in [-0.1, -0.05) is 19.3 Å². The van der Waals surface area contributed by atoms with Gasteiger partial charge in [0, 0.05) is 71.2 Å². The van der Waals surface area contributed by atoms with E-state index >= 15 is 0 Å². The van der Waals surface area contributed by atoms with Crippen molar-refractivity contribution in [2.45, 2.75) is 51.0 Å². The highest BCUT2D eigenvalue weighted by Crippen LogP contribution is 2.25. The van der Waals surface area contributed by atoms with Crippen LogP contribution in [-0.2, 0) is 9.59 Å². The van der Waals surface area contributed by atoms with E-state index in [-0.39, 0.29) is 17.9 Å². The number of nitrogens with one attached hydrogen (secondary N) is 3. The normalized spacial score (nSPS) is 25.3. The maximum Gasteiger partial charge on any atom is 0.225 e. The molecule has 1 aliphatic carbocycles. The van der Waals surface area contributed by atoms with Crippen molar-refractivity contribution in [1.82, 2.24) is 25.8 Å². The van der Waals surface area contributed by atoms with Gasteiger partial charge in [-0.3, -0.25) is 19.5 Å². The molecule has 2 amide bonds. The number of rotatable bonds is 5. The summed E-state index contributed by atoms with van der Waals surface area (Å²) in [6.45, 7) is 6.00. The quantitative estimate of drug-likeness (QED) is 0.458. The van der Waals surface area contributed by atoms with Crippen LogP contribution in [-0.4, -0.2) is 86.5 Å². The molecule has 3 rings (SSSR count). The molecule has 2 heterocycles. The number of aliphatic imine (C=N–C) groups is 1. The Hall–Kier alpha value is -1.83. The molecule has 158 valence electrons. The van der Waals surface area contributed by atoms with Crippen LogP contribution in [0, 0.1) is 5.92 Å². The fourth-order valence-corrected chi connectivity index (χ4v) is 4.38. The first-order chi connectivity index (χ1) is 13.7. The standard InChI is InChI=1S/C20H36N6O2/c1-21-20(24-17-7-8-18(27)23-15-17)22-9-10-25-11-13-26(14-12-25)19(28)16-5-3-2-4-6-16/h16-17H,2-15H2,1H3,(H,23,27)(H2,21,22,24). The van der Waals surface area contributed by atoms with Gasteiger partial charge in [-0.2, -0.15) is 0 Å². The summed E-state index contributed by atoms with van der Waals surface area (Å²) in [5.41, 5.74) is 0. The van der Waals surface area contributed by atoms with Crippen LogP contribution < -0.4 is 16.0 Å². The van der Waals surface area contributed by atoms with Crippen molar-refractivity contribution in [2.24, 2.45) is 10.9 Å². The van der Waals surface area contributed by atoms with Crippen LogP contribution in [0.1, 0.15) is 44.9 Å². The van der Waals surface area contributed by atoms with Gasteiger partial charge < -0.3 is 20.9 Å². The molecule has 0 bridgehead atoms. The van der Waals surface area contributed by atoms with Gasteiger partial charge in [0.2, 0.25) is 11.8 Å². The van der Waals surface area contributed by atoms with Crippen LogP contribution in [0.25, 0.3) is 0 Å².